The van der Waals surface area contributed by atoms with E-state index in [-0.39, 0.29) is 17.9 Å². The van der Waals surface area contributed by atoms with Crippen molar-refractivity contribution in [3.63, 3.8) is 0 Å². The average molecular weight is 342 g/mol. The summed E-state index contributed by atoms with van der Waals surface area (Å²) in [7, 11) is 0. The van der Waals surface area contributed by atoms with Crippen molar-refractivity contribution in [1.29, 1.82) is 0 Å². The molecule has 0 spiro atoms. The monoisotopic (exact) mass is 342 g/mol. The summed E-state index contributed by atoms with van der Waals surface area (Å²) in [5, 5.41) is 12.2. The summed E-state index contributed by atoms with van der Waals surface area (Å²) >= 11 is 0. The first-order valence-corrected chi connectivity index (χ1v) is 8.20. The van der Waals surface area contributed by atoms with Crippen LogP contribution in [0.15, 0.2) is 33.5 Å². The second kappa shape index (κ2) is 6.15. The molecule has 0 N–H and O–H groups in total. The van der Waals surface area contributed by atoms with Gasteiger partial charge >= 0.3 is 0 Å². The first-order valence-electron chi connectivity index (χ1n) is 8.20. The summed E-state index contributed by atoms with van der Waals surface area (Å²) in [6.45, 7) is 5.20. The van der Waals surface area contributed by atoms with E-state index in [0.717, 1.165) is 6.42 Å². The Hall–Kier alpha value is -2.97. The summed E-state index contributed by atoms with van der Waals surface area (Å²) in [5.41, 5.74) is 0.537. The lowest BCUT2D eigenvalue weighted by molar-refractivity contribution is 0.0755. The van der Waals surface area contributed by atoms with Crippen molar-refractivity contribution in [3.05, 3.63) is 36.2 Å². The zero-order valence-electron chi connectivity index (χ0n) is 14.0. The van der Waals surface area contributed by atoms with Gasteiger partial charge in [-0.1, -0.05) is 24.2 Å². The second-order valence-corrected chi connectivity index (χ2v) is 6.37. The number of carbonyl (C=O) groups excluding carboxylic acids is 1. The predicted octanol–water partition coefficient (Wildman–Crippen LogP) is 2.13. The van der Waals surface area contributed by atoms with Crippen LogP contribution in [0.4, 0.5) is 0 Å². The van der Waals surface area contributed by atoms with Gasteiger partial charge in [0.15, 0.2) is 17.3 Å². The molecule has 4 rings (SSSR count). The van der Waals surface area contributed by atoms with Gasteiger partial charge in [0.1, 0.15) is 0 Å². The minimum absolute atomic E-state index is 0.0626. The molecular weight excluding hydrogens is 324 g/mol. The Morgan fingerprint density at radius 1 is 1.40 bits per heavy atom. The van der Waals surface area contributed by atoms with Crippen molar-refractivity contribution in [3.8, 4) is 11.6 Å². The summed E-state index contributed by atoms with van der Waals surface area (Å²) < 4.78 is 12.2. The largest absolute Gasteiger partial charge is 0.459 e. The molecule has 1 fully saturated rings. The van der Waals surface area contributed by atoms with Crippen LogP contribution in [-0.4, -0.2) is 49.0 Å². The number of carbonyl (C=O) groups is 1. The second-order valence-electron chi connectivity index (χ2n) is 6.37. The average Bonchev–Trinajstić information content (AvgIpc) is 3.42. The Bertz CT molecular complexity index is 866. The molecular formula is C16H18N6O3. The molecule has 3 aromatic heterocycles. The lowest BCUT2D eigenvalue weighted by Gasteiger charge is -2.14. The van der Waals surface area contributed by atoms with Crippen molar-refractivity contribution in [2.75, 3.05) is 13.1 Å². The standard InChI is InChI=1S/C16H18N6O3/c1-10(2)14-17-15(25-19-14)12-9-22(20-18-12)11-5-6-21(8-11)16(23)13-4-3-7-24-13/h3-4,7,9-11H,5-6,8H2,1-2H3/t11-/m0/s1. The van der Waals surface area contributed by atoms with Crippen LogP contribution in [0, 0.1) is 0 Å². The molecule has 9 heteroatoms. The van der Waals surface area contributed by atoms with Crippen molar-refractivity contribution >= 4 is 5.91 Å². The summed E-state index contributed by atoms with van der Waals surface area (Å²) in [4.78, 5) is 18.4. The van der Waals surface area contributed by atoms with Crippen LogP contribution in [-0.2, 0) is 0 Å². The van der Waals surface area contributed by atoms with E-state index in [1.165, 1.54) is 6.26 Å². The topological polar surface area (TPSA) is 103 Å². The first kappa shape index (κ1) is 15.6. The van der Waals surface area contributed by atoms with Crippen LogP contribution in [0.1, 0.15) is 48.6 Å². The molecule has 3 aromatic rings. The number of hydrogen-bond acceptors (Lipinski definition) is 7. The Morgan fingerprint density at radius 2 is 2.28 bits per heavy atom. The Kier molecular flexibility index (Phi) is 3.83. The molecule has 0 unspecified atom stereocenters. The summed E-state index contributed by atoms with van der Waals surface area (Å²) in [6.07, 6.45) is 4.08. The number of amides is 1. The van der Waals surface area contributed by atoms with Crippen LogP contribution >= 0.6 is 0 Å². The highest BCUT2D eigenvalue weighted by Gasteiger charge is 2.30. The third-order valence-corrected chi connectivity index (χ3v) is 4.24. The van der Waals surface area contributed by atoms with Gasteiger partial charge in [-0.25, -0.2) is 4.68 Å². The highest BCUT2D eigenvalue weighted by Crippen LogP contribution is 2.24. The Balaban J connectivity index is 1.46. The maximum absolute atomic E-state index is 12.3. The number of hydrogen-bond donors (Lipinski definition) is 0. The van der Waals surface area contributed by atoms with Gasteiger partial charge in [0.05, 0.1) is 18.5 Å². The van der Waals surface area contributed by atoms with E-state index in [9.17, 15) is 4.79 Å². The molecule has 0 aromatic carbocycles. The molecule has 1 amide bonds. The minimum atomic E-state index is -0.105. The number of rotatable bonds is 4. The maximum Gasteiger partial charge on any atom is 0.289 e. The number of likely N-dealkylation sites (tertiary alicyclic amines) is 1. The van der Waals surface area contributed by atoms with Crippen molar-refractivity contribution < 1.29 is 13.7 Å². The molecule has 1 saturated heterocycles. The Labute approximate surface area is 143 Å². The van der Waals surface area contributed by atoms with Gasteiger partial charge in [-0.3, -0.25) is 4.79 Å². The van der Waals surface area contributed by atoms with E-state index < -0.39 is 0 Å². The highest BCUT2D eigenvalue weighted by molar-refractivity contribution is 5.91. The highest BCUT2D eigenvalue weighted by atomic mass is 16.5. The normalized spacial score (nSPS) is 17.6. The van der Waals surface area contributed by atoms with Crippen LogP contribution in [0.5, 0.6) is 0 Å². The van der Waals surface area contributed by atoms with E-state index in [4.69, 9.17) is 8.94 Å². The van der Waals surface area contributed by atoms with Crippen molar-refractivity contribution in [2.24, 2.45) is 0 Å². The zero-order valence-corrected chi connectivity index (χ0v) is 14.0. The molecule has 1 atom stereocenters. The lowest BCUT2D eigenvalue weighted by Crippen LogP contribution is -2.28. The fraction of sp³-hybridized carbons (Fsp3) is 0.438. The Morgan fingerprint density at radius 3 is 3.00 bits per heavy atom. The number of furan rings is 1. The SMILES string of the molecule is CC(C)c1noc(-c2cn([C@H]3CCN(C(=O)c4ccco4)C3)nn2)n1. The van der Waals surface area contributed by atoms with E-state index in [0.29, 0.717) is 36.3 Å². The third-order valence-electron chi connectivity index (χ3n) is 4.24. The van der Waals surface area contributed by atoms with E-state index in [1.807, 2.05) is 13.8 Å². The molecule has 130 valence electrons. The molecule has 0 radical (unpaired) electrons. The summed E-state index contributed by atoms with van der Waals surface area (Å²) in [5.74, 6) is 1.43. The van der Waals surface area contributed by atoms with E-state index in [1.54, 1.807) is 27.9 Å². The van der Waals surface area contributed by atoms with Gasteiger partial charge in [0.2, 0.25) is 0 Å². The van der Waals surface area contributed by atoms with Crippen molar-refractivity contribution in [2.45, 2.75) is 32.2 Å². The number of nitrogens with zero attached hydrogens (tertiary/aromatic N) is 6. The molecule has 4 heterocycles. The van der Waals surface area contributed by atoms with E-state index >= 15 is 0 Å². The predicted molar refractivity (Wildman–Crippen MR) is 85.7 cm³/mol. The number of aromatic nitrogens is 5. The minimum Gasteiger partial charge on any atom is -0.459 e. The molecule has 1 aliphatic heterocycles. The van der Waals surface area contributed by atoms with Crippen LogP contribution < -0.4 is 0 Å². The van der Waals surface area contributed by atoms with Gasteiger partial charge < -0.3 is 13.8 Å². The van der Waals surface area contributed by atoms with Gasteiger partial charge in [0, 0.05) is 19.0 Å². The van der Waals surface area contributed by atoms with Crippen LogP contribution in [0.3, 0.4) is 0 Å². The molecule has 9 nitrogen and oxygen atoms in total. The van der Waals surface area contributed by atoms with Gasteiger partial charge in [0.25, 0.3) is 11.8 Å². The van der Waals surface area contributed by atoms with Crippen LogP contribution in [0.2, 0.25) is 0 Å². The molecule has 0 aliphatic carbocycles. The fourth-order valence-electron chi connectivity index (χ4n) is 2.82. The first-order chi connectivity index (χ1) is 12.1. The smallest absolute Gasteiger partial charge is 0.289 e. The quantitative estimate of drug-likeness (QED) is 0.715. The molecule has 1 aliphatic rings. The molecule has 25 heavy (non-hydrogen) atoms. The van der Waals surface area contributed by atoms with Crippen LogP contribution in [0.25, 0.3) is 11.6 Å². The third kappa shape index (κ3) is 2.92. The maximum atomic E-state index is 12.3. The van der Waals surface area contributed by atoms with Gasteiger partial charge in [-0.05, 0) is 18.6 Å². The summed E-state index contributed by atoms with van der Waals surface area (Å²) in [6, 6.07) is 3.44. The van der Waals surface area contributed by atoms with Crippen molar-refractivity contribution in [1.82, 2.24) is 30.0 Å². The molecule has 0 bridgehead atoms. The van der Waals surface area contributed by atoms with E-state index in [2.05, 4.69) is 20.5 Å². The van der Waals surface area contributed by atoms with Gasteiger partial charge in [-0.15, -0.1) is 5.10 Å². The fourth-order valence-corrected chi connectivity index (χ4v) is 2.82. The lowest BCUT2D eigenvalue weighted by atomic mass is 10.2. The zero-order chi connectivity index (χ0) is 17.4. The van der Waals surface area contributed by atoms with Gasteiger partial charge in [-0.2, -0.15) is 4.98 Å². The molecule has 0 saturated carbocycles.